The van der Waals surface area contributed by atoms with Crippen LogP contribution in [0.4, 0.5) is 5.13 Å². The topological polar surface area (TPSA) is 79.7 Å². The average molecular weight is 242 g/mol. The Morgan fingerprint density at radius 3 is 2.75 bits per heavy atom. The Morgan fingerprint density at radius 1 is 1.44 bits per heavy atom. The highest BCUT2D eigenvalue weighted by molar-refractivity contribution is 7.18. The summed E-state index contributed by atoms with van der Waals surface area (Å²) in [6.07, 6.45) is 1.31. The monoisotopic (exact) mass is 242 g/mol. The van der Waals surface area contributed by atoms with Crippen molar-refractivity contribution in [2.75, 3.05) is 31.2 Å². The van der Waals surface area contributed by atoms with Crippen molar-refractivity contribution in [2.45, 2.75) is 0 Å². The first-order valence-corrected chi connectivity index (χ1v) is 5.56. The summed E-state index contributed by atoms with van der Waals surface area (Å²) in [5.74, 6) is -2.35. The van der Waals surface area contributed by atoms with Crippen molar-refractivity contribution in [1.82, 2.24) is 4.98 Å². The molecule has 6 nitrogen and oxygen atoms in total. The molecule has 7 heteroatoms. The number of ketones is 1. The third-order valence-corrected chi connectivity index (χ3v) is 3.25. The molecule has 0 aliphatic carbocycles. The Bertz CT molecular complexity index is 411. The van der Waals surface area contributed by atoms with Gasteiger partial charge in [-0.05, 0) is 0 Å². The molecule has 0 spiro atoms. The van der Waals surface area contributed by atoms with E-state index in [0.717, 1.165) is 11.3 Å². The molecule has 0 amide bonds. The van der Waals surface area contributed by atoms with E-state index in [1.807, 2.05) is 4.90 Å². The van der Waals surface area contributed by atoms with Gasteiger partial charge >= 0.3 is 5.97 Å². The first-order valence-electron chi connectivity index (χ1n) is 4.74. The molecule has 1 aliphatic rings. The number of hydrogen-bond acceptors (Lipinski definition) is 6. The average Bonchev–Trinajstić information content (AvgIpc) is 2.78. The molecule has 1 saturated heterocycles. The van der Waals surface area contributed by atoms with Crippen molar-refractivity contribution in [3.8, 4) is 0 Å². The molecule has 0 radical (unpaired) electrons. The van der Waals surface area contributed by atoms with Gasteiger partial charge in [0, 0.05) is 13.1 Å². The van der Waals surface area contributed by atoms with E-state index in [9.17, 15) is 9.59 Å². The number of aliphatic carboxylic acids is 1. The summed E-state index contributed by atoms with van der Waals surface area (Å²) < 4.78 is 5.19. The van der Waals surface area contributed by atoms with Gasteiger partial charge in [0.2, 0.25) is 0 Å². The van der Waals surface area contributed by atoms with Crippen LogP contribution in [0, 0.1) is 0 Å². The number of hydrogen-bond donors (Lipinski definition) is 1. The lowest BCUT2D eigenvalue weighted by atomic mass is 10.4. The maximum atomic E-state index is 11.2. The van der Waals surface area contributed by atoms with Gasteiger partial charge in [0.15, 0.2) is 5.13 Å². The third-order valence-electron chi connectivity index (χ3n) is 2.19. The molecule has 0 aromatic carbocycles. The number of aromatic nitrogens is 1. The number of ether oxygens (including phenoxy) is 1. The largest absolute Gasteiger partial charge is 0.475 e. The van der Waals surface area contributed by atoms with Crippen LogP contribution in [0.1, 0.15) is 9.67 Å². The molecule has 0 atom stereocenters. The van der Waals surface area contributed by atoms with E-state index in [1.165, 1.54) is 6.20 Å². The van der Waals surface area contributed by atoms with Gasteiger partial charge in [0.05, 0.1) is 19.4 Å². The minimum atomic E-state index is -1.45. The first kappa shape index (κ1) is 11.0. The molecule has 16 heavy (non-hydrogen) atoms. The molecule has 2 heterocycles. The Balaban J connectivity index is 2.12. The zero-order chi connectivity index (χ0) is 11.5. The van der Waals surface area contributed by atoms with Gasteiger partial charge in [-0.3, -0.25) is 4.79 Å². The van der Waals surface area contributed by atoms with E-state index in [4.69, 9.17) is 9.84 Å². The Morgan fingerprint density at radius 2 is 2.12 bits per heavy atom. The van der Waals surface area contributed by atoms with Crippen molar-refractivity contribution in [2.24, 2.45) is 0 Å². The zero-order valence-corrected chi connectivity index (χ0v) is 9.20. The molecule has 86 valence electrons. The molecule has 1 N–H and O–H groups in total. The number of carbonyl (C=O) groups is 2. The van der Waals surface area contributed by atoms with Crippen LogP contribution in [-0.2, 0) is 9.53 Å². The van der Waals surface area contributed by atoms with E-state index >= 15 is 0 Å². The highest BCUT2D eigenvalue weighted by atomic mass is 32.1. The van der Waals surface area contributed by atoms with E-state index in [0.29, 0.717) is 31.4 Å². The smallest absolute Gasteiger partial charge is 0.378 e. The maximum absolute atomic E-state index is 11.2. The van der Waals surface area contributed by atoms with Gasteiger partial charge in [-0.2, -0.15) is 0 Å². The minimum absolute atomic E-state index is 0.161. The Hall–Kier alpha value is -1.47. The number of carbonyl (C=O) groups excluding carboxylic acids is 1. The molecule has 1 fully saturated rings. The zero-order valence-electron chi connectivity index (χ0n) is 8.38. The summed E-state index contributed by atoms with van der Waals surface area (Å²) in [7, 11) is 0. The van der Waals surface area contributed by atoms with Gasteiger partial charge in [-0.1, -0.05) is 11.3 Å². The molecule has 0 bridgehead atoms. The molecule has 1 aromatic heterocycles. The minimum Gasteiger partial charge on any atom is -0.475 e. The van der Waals surface area contributed by atoms with Crippen LogP contribution in [0.15, 0.2) is 6.20 Å². The van der Waals surface area contributed by atoms with E-state index in [2.05, 4.69) is 4.98 Å². The van der Waals surface area contributed by atoms with Crippen LogP contribution in [0.25, 0.3) is 0 Å². The van der Waals surface area contributed by atoms with E-state index in [-0.39, 0.29) is 4.88 Å². The summed E-state index contributed by atoms with van der Waals surface area (Å²) in [4.78, 5) is 27.8. The summed E-state index contributed by atoms with van der Waals surface area (Å²) in [6, 6.07) is 0. The number of carboxylic acids is 1. The van der Waals surface area contributed by atoms with Gasteiger partial charge in [-0.15, -0.1) is 0 Å². The third kappa shape index (κ3) is 2.20. The number of anilines is 1. The fourth-order valence-electron chi connectivity index (χ4n) is 1.38. The maximum Gasteiger partial charge on any atom is 0.378 e. The molecule has 0 saturated carbocycles. The highest BCUT2D eigenvalue weighted by Gasteiger charge is 2.20. The summed E-state index contributed by atoms with van der Waals surface area (Å²) >= 11 is 1.10. The summed E-state index contributed by atoms with van der Waals surface area (Å²) in [5.41, 5.74) is 0. The Labute approximate surface area is 95.5 Å². The molecular formula is C9H10N2O4S. The fraction of sp³-hybridized carbons (Fsp3) is 0.444. The lowest BCUT2D eigenvalue weighted by molar-refractivity contribution is -0.131. The van der Waals surface area contributed by atoms with Crippen LogP contribution >= 0.6 is 11.3 Å². The molecule has 1 aromatic rings. The van der Waals surface area contributed by atoms with Gasteiger partial charge in [0.1, 0.15) is 4.88 Å². The van der Waals surface area contributed by atoms with Crippen LogP contribution in [0.2, 0.25) is 0 Å². The van der Waals surface area contributed by atoms with Gasteiger partial charge in [0.25, 0.3) is 5.78 Å². The second-order valence-electron chi connectivity index (χ2n) is 3.24. The van der Waals surface area contributed by atoms with Crippen molar-refractivity contribution in [3.63, 3.8) is 0 Å². The predicted octanol–water partition coefficient (Wildman–Crippen LogP) is 0.247. The second-order valence-corrected chi connectivity index (χ2v) is 4.25. The van der Waals surface area contributed by atoms with Crippen LogP contribution < -0.4 is 4.90 Å². The SMILES string of the molecule is O=C(O)C(=O)c1cnc(N2CCOCC2)s1. The van der Waals surface area contributed by atoms with Crippen LogP contribution in [0.5, 0.6) is 0 Å². The molecule has 2 rings (SSSR count). The number of Topliss-reactive ketones (excluding diaryl/α,β-unsaturated/α-hetero) is 1. The van der Waals surface area contributed by atoms with Crippen molar-refractivity contribution in [1.29, 1.82) is 0 Å². The van der Waals surface area contributed by atoms with Gasteiger partial charge in [-0.25, -0.2) is 9.78 Å². The molecule has 0 unspecified atom stereocenters. The number of nitrogens with zero attached hydrogens (tertiary/aromatic N) is 2. The van der Waals surface area contributed by atoms with Crippen molar-refractivity contribution >= 4 is 28.2 Å². The number of carboxylic acid groups (broad SMARTS) is 1. The summed E-state index contributed by atoms with van der Waals surface area (Å²) in [6.45, 7) is 2.69. The first-order chi connectivity index (χ1) is 7.68. The summed E-state index contributed by atoms with van der Waals surface area (Å²) in [5, 5.41) is 9.22. The lowest BCUT2D eigenvalue weighted by Crippen LogP contribution is -2.36. The quantitative estimate of drug-likeness (QED) is 0.604. The predicted molar refractivity (Wildman–Crippen MR) is 57.1 cm³/mol. The fourth-order valence-corrected chi connectivity index (χ4v) is 2.28. The standard InChI is InChI=1S/C9H10N2O4S/c12-7(8(13)14)6-5-10-9(16-6)11-1-3-15-4-2-11/h5H,1-4H2,(H,13,14). The van der Waals surface area contributed by atoms with Crippen molar-refractivity contribution < 1.29 is 19.4 Å². The van der Waals surface area contributed by atoms with Crippen LogP contribution in [0.3, 0.4) is 0 Å². The molecule has 1 aliphatic heterocycles. The van der Waals surface area contributed by atoms with Crippen LogP contribution in [-0.4, -0.2) is 48.1 Å². The Kier molecular flexibility index (Phi) is 3.16. The molecular weight excluding hydrogens is 232 g/mol. The lowest BCUT2D eigenvalue weighted by Gasteiger charge is -2.25. The van der Waals surface area contributed by atoms with E-state index < -0.39 is 11.8 Å². The highest BCUT2D eigenvalue weighted by Crippen LogP contribution is 2.23. The van der Waals surface area contributed by atoms with Gasteiger partial charge < -0.3 is 14.7 Å². The number of morpholine rings is 1. The van der Waals surface area contributed by atoms with E-state index in [1.54, 1.807) is 0 Å². The van der Waals surface area contributed by atoms with Crippen molar-refractivity contribution in [3.05, 3.63) is 11.1 Å². The normalized spacial score (nSPS) is 16.1. The second kappa shape index (κ2) is 4.58. The number of thiazole rings is 1. The number of rotatable bonds is 3.